The number of rotatable bonds is 4. The van der Waals surface area contributed by atoms with Crippen molar-refractivity contribution in [2.45, 2.75) is 13.0 Å². The van der Waals surface area contributed by atoms with Crippen molar-refractivity contribution in [2.75, 3.05) is 7.11 Å². The first-order valence-corrected chi connectivity index (χ1v) is 8.57. The van der Waals surface area contributed by atoms with Gasteiger partial charge in [-0.1, -0.05) is 18.2 Å². The number of amides is 1. The predicted octanol–water partition coefficient (Wildman–Crippen LogP) is 4.35. The Labute approximate surface area is 155 Å². The molecule has 1 unspecified atom stereocenters. The number of aromatic amines is 1. The number of halogens is 1. The fraction of sp³-hybridized carbons (Fsp3) is 0.143. The molecule has 5 nitrogen and oxygen atoms in total. The van der Waals surface area contributed by atoms with Gasteiger partial charge in [-0.3, -0.25) is 4.79 Å². The third-order valence-corrected chi connectivity index (χ3v) is 4.68. The minimum absolute atomic E-state index is 0.187. The van der Waals surface area contributed by atoms with Crippen molar-refractivity contribution < 1.29 is 13.9 Å². The maximum atomic E-state index is 13.9. The van der Waals surface area contributed by atoms with E-state index in [0.29, 0.717) is 16.6 Å². The first-order valence-electron chi connectivity index (χ1n) is 8.57. The minimum Gasteiger partial charge on any atom is -0.497 e. The number of fused-ring (bicyclic) bond motifs is 3. The van der Waals surface area contributed by atoms with Crippen LogP contribution >= 0.6 is 0 Å². The van der Waals surface area contributed by atoms with Crippen LogP contribution in [-0.2, 0) is 0 Å². The summed E-state index contributed by atoms with van der Waals surface area (Å²) < 4.78 is 19.1. The molecule has 0 aliphatic carbocycles. The Hall–Kier alpha value is -3.41. The second-order valence-corrected chi connectivity index (χ2v) is 6.38. The number of ether oxygens (including phenoxy) is 1. The van der Waals surface area contributed by atoms with Crippen LogP contribution in [0.1, 0.15) is 28.9 Å². The van der Waals surface area contributed by atoms with Crippen molar-refractivity contribution >= 4 is 27.7 Å². The van der Waals surface area contributed by atoms with Crippen LogP contribution in [-0.4, -0.2) is 23.0 Å². The Kier molecular flexibility index (Phi) is 4.24. The van der Waals surface area contributed by atoms with Crippen molar-refractivity contribution in [2.24, 2.45) is 0 Å². The van der Waals surface area contributed by atoms with Crippen molar-refractivity contribution in [3.05, 3.63) is 71.8 Å². The van der Waals surface area contributed by atoms with Gasteiger partial charge in [-0.05, 0) is 42.8 Å². The summed E-state index contributed by atoms with van der Waals surface area (Å²) in [5.74, 6) is -0.0189. The fourth-order valence-corrected chi connectivity index (χ4v) is 3.21. The largest absolute Gasteiger partial charge is 0.497 e. The molecule has 0 aliphatic heterocycles. The summed E-state index contributed by atoms with van der Waals surface area (Å²) in [4.78, 5) is 19.3. The molecule has 2 heterocycles. The summed E-state index contributed by atoms with van der Waals surface area (Å²) in [6.07, 6.45) is 1.43. The van der Waals surface area contributed by atoms with Crippen LogP contribution in [0.3, 0.4) is 0 Å². The van der Waals surface area contributed by atoms with E-state index in [-0.39, 0.29) is 11.9 Å². The number of aromatic nitrogens is 2. The van der Waals surface area contributed by atoms with Gasteiger partial charge in [-0.2, -0.15) is 4.39 Å². The molecule has 0 saturated heterocycles. The van der Waals surface area contributed by atoms with Crippen LogP contribution in [0.25, 0.3) is 21.8 Å². The molecule has 4 aromatic rings. The molecule has 1 atom stereocenters. The highest BCUT2D eigenvalue weighted by atomic mass is 19.1. The second kappa shape index (κ2) is 6.72. The zero-order chi connectivity index (χ0) is 19.0. The summed E-state index contributed by atoms with van der Waals surface area (Å²) in [6, 6.07) is 14.4. The molecule has 0 aliphatic rings. The standard InChI is InChI=1S/C21H18FN3O2/c1-12(13-4-3-5-15(10-13)27-2)24-21(26)14-6-7-16-17-8-9-23-20(22)19(17)25-18(16)11-14/h3-12,25H,1-2H3,(H,24,26). The lowest BCUT2D eigenvalue weighted by molar-refractivity contribution is 0.0940. The number of hydrogen-bond acceptors (Lipinski definition) is 3. The Balaban J connectivity index is 1.62. The summed E-state index contributed by atoms with van der Waals surface area (Å²) in [5.41, 5.74) is 2.48. The van der Waals surface area contributed by atoms with E-state index >= 15 is 0 Å². The van der Waals surface area contributed by atoms with Gasteiger partial charge in [-0.15, -0.1) is 0 Å². The number of pyridine rings is 1. The lowest BCUT2D eigenvalue weighted by atomic mass is 10.1. The second-order valence-electron chi connectivity index (χ2n) is 6.38. The number of hydrogen-bond donors (Lipinski definition) is 2. The molecule has 0 spiro atoms. The van der Waals surface area contributed by atoms with Crippen LogP contribution in [0.2, 0.25) is 0 Å². The monoisotopic (exact) mass is 363 g/mol. The maximum Gasteiger partial charge on any atom is 0.251 e. The van der Waals surface area contributed by atoms with Crippen molar-refractivity contribution in [3.8, 4) is 5.75 Å². The quantitative estimate of drug-likeness (QED) is 0.530. The van der Waals surface area contributed by atoms with Gasteiger partial charge in [0, 0.05) is 28.0 Å². The minimum atomic E-state index is -0.554. The van der Waals surface area contributed by atoms with Gasteiger partial charge in [0.15, 0.2) is 0 Å². The molecule has 0 saturated carbocycles. The molecule has 0 fully saturated rings. The normalized spacial score (nSPS) is 12.3. The molecule has 2 aromatic heterocycles. The summed E-state index contributed by atoms with van der Waals surface area (Å²) >= 11 is 0. The molecular weight excluding hydrogens is 345 g/mol. The number of benzene rings is 2. The zero-order valence-electron chi connectivity index (χ0n) is 14.9. The highest BCUT2D eigenvalue weighted by Crippen LogP contribution is 2.27. The van der Waals surface area contributed by atoms with Gasteiger partial charge < -0.3 is 15.0 Å². The summed E-state index contributed by atoms with van der Waals surface area (Å²) in [5, 5.41) is 4.57. The third-order valence-electron chi connectivity index (χ3n) is 4.68. The number of carbonyl (C=O) groups is 1. The van der Waals surface area contributed by atoms with Crippen LogP contribution in [0.15, 0.2) is 54.7 Å². The number of nitrogens with one attached hydrogen (secondary N) is 2. The molecule has 136 valence electrons. The number of H-pyrrole nitrogens is 1. The topological polar surface area (TPSA) is 67.0 Å². The number of methoxy groups -OCH3 is 1. The zero-order valence-corrected chi connectivity index (χ0v) is 14.9. The maximum absolute atomic E-state index is 13.9. The molecule has 6 heteroatoms. The Bertz CT molecular complexity index is 1150. The van der Waals surface area contributed by atoms with E-state index in [4.69, 9.17) is 4.74 Å². The van der Waals surface area contributed by atoms with Crippen molar-refractivity contribution in [1.29, 1.82) is 0 Å². The third kappa shape index (κ3) is 3.10. The molecular formula is C21H18FN3O2. The number of carbonyl (C=O) groups excluding carboxylic acids is 1. The van der Waals surface area contributed by atoms with Crippen LogP contribution in [0.5, 0.6) is 5.75 Å². The molecule has 0 radical (unpaired) electrons. The van der Waals surface area contributed by atoms with Crippen LogP contribution in [0, 0.1) is 5.95 Å². The SMILES string of the molecule is COc1cccc(C(C)NC(=O)c2ccc3c(c2)[nH]c2c(F)nccc23)c1. The molecule has 1 amide bonds. The van der Waals surface area contributed by atoms with Gasteiger partial charge in [-0.25, -0.2) is 4.98 Å². The average Bonchev–Trinajstić information content (AvgIpc) is 3.07. The van der Waals surface area contributed by atoms with Gasteiger partial charge in [0.25, 0.3) is 5.91 Å². The average molecular weight is 363 g/mol. The highest BCUT2D eigenvalue weighted by molar-refractivity contribution is 6.09. The van der Waals surface area contributed by atoms with Gasteiger partial charge in [0.2, 0.25) is 5.95 Å². The Morgan fingerprint density at radius 2 is 2.04 bits per heavy atom. The molecule has 27 heavy (non-hydrogen) atoms. The Morgan fingerprint density at radius 1 is 1.19 bits per heavy atom. The Morgan fingerprint density at radius 3 is 2.85 bits per heavy atom. The lowest BCUT2D eigenvalue weighted by Crippen LogP contribution is -2.26. The van der Waals surface area contributed by atoms with Gasteiger partial charge in [0.1, 0.15) is 11.3 Å². The van der Waals surface area contributed by atoms with E-state index in [0.717, 1.165) is 22.1 Å². The van der Waals surface area contributed by atoms with E-state index in [9.17, 15) is 9.18 Å². The van der Waals surface area contributed by atoms with Crippen LogP contribution in [0.4, 0.5) is 4.39 Å². The summed E-state index contributed by atoms with van der Waals surface area (Å²) in [7, 11) is 1.61. The molecule has 2 N–H and O–H groups in total. The van der Waals surface area contributed by atoms with Gasteiger partial charge in [0.05, 0.1) is 13.2 Å². The first-order chi connectivity index (χ1) is 13.1. The summed E-state index contributed by atoms with van der Waals surface area (Å²) in [6.45, 7) is 1.91. The van der Waals surface area contributed by atoms with E-state index in [1.165, 1.54) is 6.20 Å². The predicted molar refractivity (Wildman–Crippen MR) is 102 cm³/mol. The van der Waals surface area contributed by atoms with E-state index in [1.54, 1.807) is 25.3 Å². The van der Waals surface area contributed by atoms with Crippen molar-refractivity contribution in [3.63, 3.8) is 0 Å². The van der Waals surface area contributed by atoms with E-state index in [1.807, 2.05) is 37.3 Å². The fourth-order valence-electron chi connectivity index (χ4n) is 3.21. The van der Waals surface area contributed by atoms with Gasteiger partial charge >= 0.3 is 0 Å². The van der Waals surface area contributed by atoms with Crippen LogP contribution < -0.4 is 10.1 Å². The first kappa shape index (κ1) is 17.0. The lowest BCUT2D eigenvalue weighted by Gasteiger charge is -2.15. The van der Waals surface area contributed by atoms with Crippen molar-refractivity contribution in [1.82, 2.24) is 15.3 Å². The molecule has 2 aromatic carbocycles. The number of nitrogens with zero attached hydrogens (tertiary/aromatic N) is 1. The van der Waals surface area contributed by atoms with E-state index in [2.05, 4.69) is 15.3 Å². The van der Waals surface area contributed by atoms with E-state index < -0.39 is 5.95 Å². The highest BCUT2D eigenvalue weighted by Gasteiger charge is 2.15. The smallest absolute Gasteiger partial charge is 0.251 e. The molecule has 0 bridgehead atoms. The molecule has 4 rings (SSSR count).